The quantitative estimate of drug-likeness (QED) is 0.773. The van der Waals surface area contributed by atoms with Crippen LogP contribution in [0.3, 0.4) is 0 Å². The molecule has 0 fully saturated rings. The molecule has 1 aromatic rings. The number of nitrogen functional groups attached to an aromatic ring is 1. The van der Waals surface area contributed by atoms with Gasteiger partial charge in [0.05, 0.1) is 18.5 Å². The van der Waals surface area contributed by atoms with Crippen LogP contribution < -0.4 is 11.1 Å². The monoisotopic (exact) mass is 265 g/mol. The Bertz CT molecular complexity index is 444. The van der Waals surface area contributed by atoms with Crippen molar-refractivity contribution in [1.82, 2.24) is 4.98 Å². The Labute approximate surface area is 114 Å². The number of ether oxygens (including phenoxy) is 1. The van der Waals surface area contributed by atoms with Gasteiger partial charge in [-0.25, -0.2) is 9.78 Å². The Kier molecular flexibility index (Phi) is 5.15. The largest absolute Gasteiger partial charge is 0.462 e. The van der Waals surface area contributed by atoms with Gasteiger partial charge in [0, 0.05) is 6.54 Å². The number of pyridine rings is 1. The van der Waals surface area contributed by atoms with Crippen LogP contribution in [-0.2, 0) is 4.74 Å². The van der Waals surface area contributed by atoms with Gasteiger partial charge in [0.2, 0.25) is 0 Å². The predicted octanol–water partition coefficient (Wildman–Crippen LogP) is 2.69. The van der Waals surface area contributed by atoms with Crippen LogP contribution in [0, 0.1) is 5.41 Å². The molecule has 0 aliphatic heterocycles. The van der Waals surface area contributed by atoms with Crippen molar-refractivity contribution in [2.24, 2.45) is 5.41 Å². The topological polar surface area (TPSA) is 77.2 Å². The predicted molar refractivity (Wildman–Crippen MR) is 77.2 cm³/mol. The number of carbonyl (C=O) groups is 1. The Balaban J connectivity index is 2.91. The number of aromatic nitrogens is 1. The molecule has 0 aromatic carbocycles. The Morgan fingerprint density at radius 2 is 2.16 bits per heavy atom. The van der Waals surface area contributed by atoms with Crippen molar-refractivity contribution in [3.8, 4) is 0 Å². The molecule has 106 valence electrons. The van der Waals surface area contributed by atoms with Crippen molar-refractivity contribution in [1.29, 1.82) is 0 Å². The molecule has 0 aliphatic carbocycles. The molecule has 0 saturated heterocycles. The average Bonchev–Trinajstić information content (AvgIpc) is 2.37. The lowest BCUT2D eigenvalue weighted by Crippen LogP contribution is -2.24. The highest BCUT2D eigenvalue weighted by Crippen LogP contribution is 2.22. The van der Waals surface area contributed by atoms with Crippen LogP contribution in [-0.4, -0.2) is 24.1 Å². The maximum absolute atomic E-state index is 11.9. The Hall–Kier alpha value is -1.78. The van der Waals surface area contributed by atoms with Crippen molar-refractivity contribution < 1.29 is 9.53 Å². The number of rotatable bonds is 6. The van der Waals surface area contributed by atoms with Crippen LogP contribution in [0.2, 0.25) is 0 Å². The van der Waals surface area contributed by atoms with E-state index in [-0.39, 0.29) is 5.41 Å². The second kappa shape index (κ2) is 6.41. The molecule has 0 amide bonds. The van der Waals surface area contributed by atoms with Gasteiger partial charge in [-0.05, 0) is 24.8 Å². The van der Waals surface area contributed by atoms with Crippen LogP contribution >= 0.6 is 0 Å². The summed E-state index contributed by atoms with van der Waals surface area (Å²) in [7, 11) is 0. The second-order valence-corrected chi connectivity index (χ2v) is 5.26. The van der Waals surface area contributed by atoms with Crippen LogP contribution in [0.4, 0.5) is 11.5 Å². The van der Waals surface area contributed by atoms with E-state index in [4.69, 9.17) is 10.5 Å². The highest BCUT2D eigenvalue weighted by Gasteiger charge is 2.18. The first-order chi connectivity index (χ1) is 8.89. The molecule has 1 heterocycles. The van der Waals surface area contributed by atoms with E-state index in [1.807, 2.05) is 0 Å². The van der Waals surface area contributed by atoms with Crippen LogP contribution in [0.5, 0.6) is 0 Å². The summed E-state index contributed by atoms with van der Waals surface area (Å²) in [6.07, 6.45) is 2.56. The van der Waals surface area contributed by atoms with Gasteiger partial charge in [0.25, 0.3) is 0 Å². The van der Waals surface area contributed by atoms with E-state index in [9.17, 15) is 4.79 Å². The molecule has 5 nitrogen and oxygen atoms in total. The summed E-state index contributed by atoms with van der Waals surface area (Å²) in [4.78, 5) is 16.0. The molecule has 1 aromatic heterocycles. The Morgan fingerprint density at radius 3 is 2.74 bits per heavy atom. The van der Waals surface area contributed by atoms with E-state index in [0.717, 1.165) is 13.0 Å². The fourth-order valence-corrected chi connectivity index (χ4v) is 1.43. The zero-order valence-electron chi connectivity index (χ0n) is 12.1. The first kappa shape index (κ1) is 15.3. The maximum atomic E-state index is 11.9. The molecular weight excluding hydrogens is 242 g/mol. The molecule has 0 aliphatic rings. The van der Waals surface area contributed by atoms with Crippen LogP contribution in [0.1, 0.15) is 44.5 Å². The molecule has 1 rings (SSSR count). The average molecular weight is 265 g/mol. The molecule has 0 spiro atoms. The number of hydrogen-bond donors (Lipinski definition) is 2. The first-order valence-corrected chi connectivity index (χ1v) is 6.56. The minimum absolute atomic E-state index is 0.134. The lowest BCUT2D eigenvalue weighted by atomic mass is 9.90. The van der Waals surface area contributed by atoms with E-state index in [2.05, 4.69) is 31.1 Å². The molecule has 0 unspecified atom stereocenters. The fourth-order valence-electron chi connectivity index (χ4n) is 1.43. The van der Waals surface area contributed by atoms with Gasteiger partial charge in [-0.1, -0.05) is 20.8 Å². The third-order valence-electron chi connectivity index (χ3n) is 3.10. The summed E-state index contributed by atoms with van der Waals surface area (Å²) < 4.78 is 5.01. The maximum Gasteiger partial charge on any atom is 0.341 e. The molecule has 5 heteroatoms. The van der Waals surface area contributed by atoms with Gasteiger partial charge in [0.15, 0.2) is 0 Å². The first-order valence-electron chi connectivity index (χ1n) is 6.56. The van der Waals surface area contributed by atoms with Crippen molar-refractivity contribution in [2.75, 3.05) is 24.2 Å². The number of hydrogen-bond acceptors (Lipinski definition) is 5. The standard InChI is InChI=1S/C14H23N3O2/c1-5-14(3,4)9-17-12-11(13(18)19-6-2)7-10(15)8-16-12/h7-8H,5-6,9,15H2,1-4H3,(H,16,17). The molecular formula is C14H23N3O2. The number of esters is 1. The summed E-state index contributed by atoms with van der Waals surface area (Å²) in [5, 5.41) is 3.20. The van der Waals surface area contributed by atoms with E-state index in [1.54, 1.807) is 13.0 Å². The minimum Gasteiger partial charge on any atom is -0.462 e. The number of nitrogens with zero attached hydrogens (tertiary/aromatic N) is 1. The summed E-state index contributed by atoms with van der Waals surface area (Å²) in [6, 6.07) is 1.59. The highest BCUT2D eigenvalue weighted by molar-refractivity contribution is 5.95. The van der Waals surface area contributed by atoms with Gasteiger partial charge in [-0.15, -0.1) is 0 Å². The number of anilines is 2. The zero-order chi connectivity index (χ0) is 14.5. The third kappa shape index (κ3) is 4.43. The van der Waals surface area contributed by atoms with Crippen molar-refractivity contribution in [3.05, 3.63) is 17.8 Å². The highest BCUT2D eigenvalue weighted by atomic mass is 16.5. The van der Waals surface area contributed by atoms with E-state index >= 15 is 0 Å². The normalized spacial score (nSPS) is 11.2. The summed E-state index contributed by atoms with van der Waals surface area (Å²) >= 11 is 0. The van der Waals surface area contributed by atoms with Crippen molar-refractivity contribution >= 4 is 17.5 Å². The van der Waals surface area contributed by atoms with E-state index < -0.39 is 5.97 Å². The molecule has 0 saturated carbocycles. The van der Waals surface area contributed by atoms with Gasteiger partial charge in [-0.2, -0.15) is 0 Å². The molecule has 0 radical (unpaired) electrons. The summed E-state index contributed by atoms with van der Waals surface area (Å²) in [6.45, 7) is 9.26. The lowest BCUT2D eigenvalue weighted by molar-refractivity contribution is 0.0527. The van der Waals surface area contributed by atoms with Crippen LogP contribution in [0.25, 0.3) is 0 Å². The summed E-state index contributed by atoms with van der Waals surface area (Å²) in [5.74, 6) is 0.119. The van der Waals surface area contributed by atoms with Gasteiger partial charge in [-0.3, -0.25) is 0 Å². The van der Waals surface area contributed by atoms with Crippen LogP contribution in [0.15, 0.2) is 12.3 Å². The van der Waals surface area contributed by atoms with E-state index in [1.165, 1.54) is 6.20 Å². The molecule has 19 heavy (non-hydrogen) atoms. The SMILES string of the molecule is CCOC(=O)c1cc(N)cnc1NCC(C)(C)CC. The van der Waals surface area contributed by atoms with Gasteiger partial charge < -0.3 is 15.8 Å². The van der Waals surface area contributed by atoms with Gasteiger partial charge >= 0.3 is 5.97 Å². The van der Waals surface area contributed by atoms with Crippen molar-refractivity contribution in [3.63, 3.8) is 0 Å². The second-order valence-electron chi connectivity index (χ2n) is 5.26. The third-order valence-corrected chi connectivity index (χ3v) is 3.10. The smallest absolute Gasteiger partial charge is 0.341 e. The van der Waals surface area contributed by atoms with Gasteiger partial charge in [0.1, 0.15) is 11.4 Å². The Morgan fingerprint density at radius 1 is 1.47 bits per heavy atom. The van der Waals surface area contributed by atoms with E-state index in [0.29, 0.717) is 23.7 Å². The molecule has 0 bridgehead atoms. The minimum atomic E-state index is -0.404. The summed E-state index contributed by atoms with van der Waals surface area (Å²) in [5.41, 5.74) is 6.64. The number of carbonyl (C=O) groups excluding carboxylic acids is 1. The zero-order valence-corrected chi connectivity index (χ0v) is 12.1. The van der Waals surface area contributed by atoms with Crippen molar-refractivity contribution in [2.45, 2.75) is 34.1 Å². The number of nitrogens with two attached hydrogens (primary N) is 1. The molecule has 0 atom stereocenters. The number of nitrogens with one attached hydrogen (secondary N) is 1. The lowest BCUT2D eigenvalue weighted by Gasteiger charge is -2.23. The molecule has 3 N–H and O–H groups in total. The fraction of sp³-hybridized carbons (Fsp3) is 0.571.